The molecule has 0 radical (unpaired) electrons. The van der Waals surface area contributed by atoms with Gasteiger partial charge in [0.2, 0.25) is 0 Å². The summed E-state index contributed by atoms with van der Waals surface area (Å²) in [4.78, 5) is 0. The lowest BCUT2D eigenvalue weighted by Crippen LogP contribution is -1.72. The first kappa shape index (κ1) is 7.22. The van der Waals surface area contributed by atoms with Crippen LogP contribution in [0.15, 0.2) is 36.5 Å². The van der Waals surface area contributed by atoms with Crippen molar-refractivity contribution in [3.63, 3.8) is 0 Å². The zero-order valence-corrected chi connectivity index (χ0v) is 5.57. The van der Waals surface area contributed by atoms with E-state index < -0.39 is 0 Å². The molecule has 0 nitrogen and oxygen atoms in total. The summed E-state index contributed by atoms with van der Waals surface area (Å²) in [6.45, 7) is 11.4. The van der Waals surface area contributed by atoms with Gasteiger partial charge >= 0.3 is 0 Å². The zero-order valence-electron chi connectivity index (χ0n) is 5.57. The van der Waals surface area contributed by atoms with Gasteiger partial charge in [0.1, 0.15) is 0 Å². The van der Waals surface area contributed by atoms with Gasteiger partial charge in [-0.3, -0.25) is 0 Å². The van der Waals surface area contributed by atoms with E-state index in [0.717, 1.165) is 11.1 Å². The Morgan fingerprint density at radius 2 is 1.88 bits per heavy atom. The predicted molar refractivity (Wildman–Crippen MR) is 38.8 cm³/mol. The minimum Gasteiger partial charge on any atom is -0.0955 e. The topological polar surface area (TPSA) is 0 Å². The highest BCUT2D eigenvalue weighted by Crippen LogP contribution is 2.03. The second-order valence-corrected chi connectivity index (χ2v) is 1.81. The lowest BCUT2D eigenvalue weighted by atomic mass is 10.1. The Balaban J connectivity index is 3.85. The lowest BCUT2D eigenvalue weighted by molar-refractivity contribution is 1.46. The van der Waals surface area contributed by atoms with Crippen molar-refractivity contribution in [2.75, 3.05) is 0 Å². The fraction of sp³-hybridized carbons (Fsp3) is 0.250. The van der Waals surface area contributed by atoms with Gasteiger partial charge in [-0.2, -0.15) is 0 Å². The highest BCUT2D eigenvalue weighted by molar-refractivity contribution is 5.32. The second kappa shape index (κ2) is 3.25. The van der Waals surface area contributed by atoms with Gasteiger partial charge in [-0.25, -0.2) is 0 Å². The van der Waals surface area contributed by atoms with Crippen LogP contribution in [0.1, 0.15) is 13.8 Å². The SMILES string of the molecule is C=C(C)C(=C)C=CC. The van der Waals surface area contributed by atoms with Gasteiger partial charge in [0.05, 0.1) is 0 Å². The van der Waals surface area contributed by atoms with Crippen molar-refractivity contribution in [1.29, 1.82) is 0 Å². The summed E-state index contributed by atoms with van der Waals surface area (Å²) in [5.74, 6) is 0. The van der Waals surface area contributed by atoms with E-state index in [1.54, 1.807) is 0 Å². The molecule has 0 aromatic rings. The van der Waals surface area contributed by atoms with E-state index in [4.69, 9.17) is 0 Å². The Kier molecular flexibility index (Phi) is 2.93. The van der Waals surface area contributed by atoms with E-state index in [2.05, 4.69) is 13.2 Å². The molecule has 0 atom stereocenters. The van der Waals surface area contributed by atoms with Crippen molar-refractivity contribution in [1.82, 2.24) is 0 Å². The van der Waals surface area contributed by atoms with Crippen molar-refractivity contribution in [3.05, 3.63) is 36.5 Å². The fourth-order valence-electron chi connectivity index (χ4n) is 0.343. The van der Waals surface area contributed by atoms with Gasteiger partial charge < -0.3 is 0 Å². The van der Waals surface area contributed by atoms with E-state index in [1.807, 2.05) is 26.0 Å². The van der Waals surface area contributed by atoms with E-state index in [-0.39, 0.29) is 0 Å². The number of allylic oxidation sites excluding steroid dienone is 4. The average Bonchev–Trinajstić information content (AvgIpc) is 1.67. The van der Waals surface area contributed by atoms with Gasteiger partial charge in [0.25, 0.3) is 0 Å². The third-order valence-corrected chi connectivity index (χ3v) is 0.916. The molecule has 0 N–H and O–H groups in total. The molecule has 0 aliphatic carbocycles. The molecule has 0 heterocycles. The molecule has 8 heavy (non-hydrogen) atoms. The van der Waals surface area contributed by atoms with Gasteiger partial charge in [0.15, 0.2) is 0 Å². The predicted octanol–water partition coefficient (Wildman–Crippen LogP) is 2.69. The minimum absolute atomic E-state index is 1.01. The van der Waals surface area contributed by atoms with Crippen molar-refractivity contribution < 1.29 is 0 Å². The number of rotatable bonds is 2. The Hall–Kier alpha value is -0.780. The van der Waals surface area contributed by atoms with Gasteiger partial charge in [-0.1, -0.05) is 30.9 Å². The van der Waals surface area contributed by atoms with E-state index in [0.29, 0.717) is 0 Å². The molecule has 0 heteroatoms. The van der Waals surface area contributed by atoms with Crippen LogP contribution in [-0.4, -0.2) is 0 Å². The first-order valence-corrected chi connectivity index (χ1v) is 2.66. The standard InChI is InChI=1S/C8H12/c1-5-6-8(4)7(2)3/h5-6H,2,4H2,1,3H3. The minimum atomic E-state index is 1.01. The molecule has 0 spiro atoms. The van der Waals surface area contributed by atoms with Crippen molar-refractivity contribution in [2.45, 2.75) is 13.8 Å². The summed E-state index contributed by atoms with van der Waals surface area (Å²) in [6, 6.07) is 0. The maximum atomic E-state index is 3.76. The second-order valence-electron chi connectivity index (χ2n) is 1.81. The summed E-state index contributed by atoms with van der Waals surface area (Å²) in [7, 11) is 0. The number of hydrogen-bond donors (Lipinski definition) is 0. The molecule has 0 saturated heterocycles. The highest BCUT2D eigenvalue weighted by Gasteiger charge is 1.82. The largest absolute Gasteiger partial charge is 0.0955 e. The molecule has 0 unspecified atom stereocenters. The lowest BCUT2D eigenvalue weighted by Gasteiger charge is -1.92. The summed E-state index contributed by atoms with van der Waals surface area (Å²) in [5.41, 5.74) is 2.04. The molecular weight excluding hydrogens is 96.1 g/mol. The third-order valence-electron chi connectivity index (χ3n) is 0.916. The Bertz CT molecular complexity index is 127. The molecule has 0 aliphatic heterocycles. The smallest absolute Gasteiger partial charge is 0.0309 e. The first-order chi connectivity index (χ1) is 3.68. The summed E-state index contributed by atoms with van der Waals surface area (Å²) < 4.78 is 0. The van der Waals surface area contributed by atoms with Gasteiger partial charge in [-0.05, 0) is 19.4 Å². The molecule has 0 rings (SSSR count). The Labute approximate surface area is 51.2 Å². The van der Waals surface area contributed by atoms with Crippen molar-refractivity contribution in [3.8, 4) is 0 Å². The van der Waals surface area contributed by atoms with Crippen LogP contribution in [0.5, 0.6) is 0 Å². The van der Waals surface area contributed by atoms with Gasteiger partial charge in [-0.15, -0.1) is 0 Å². The Morgan fingerprint density at radius 1 is 1.38 bits per heavy atom. The normalized spacial score (nSPS) is 9.75. The summed E-state index contributed by atoms with van der Waals surface area (Å²) >= 11 is 0. The van der Waals surface area contributed by atoms with Crippen LogP contribution in [0.2, 0.25) is 0 Å². The molecule has 0 aromatic heterocycles. The fourth-order valence-corrected chi connectivity index (χ4v) is 0.343. The van der Waals surface area contributed by atoms with Crippen LogP contribution < -0.4 is 0 Å². The van der Waals surface area contributed by atoms with Crippen molar-refractivity contribution in [2.24, 2.45) is 0 Å². The van der Waals surface area contributed by atoms with Crippen LogP contribution in [0.25, 0.3) is 0 Å². The van der Waals surface area contributed by atoms with E-state index >= 15 is 0 Å². The summed E-state index contributed by atoms with van der Waals surface area (Å²) in [5, 5.41) is 0. The highest BCUT2D eigenvalue weighted by atomic mass is 13.9. The third kappa shape index (κ3) is 2.40. The number of hydrogen-bond acceptors (Lipinski definition) is 0. The monoisotopic (exact) mass is 108 g/mol. The molecule has 0 bridgehead atoms. The van der Waals surface area contributed by atoms with E-state index in [1.165, 1.54) is 0 Å². The maximum Gasteiger partial charge on any atom is -0.0309 e. The molecule has 0 amide bonds. The van der Waals surface area contributed by atoms with Gasteiger partial charge in [0, 0.05) is 0 Å². The molecule has 0 fully saturated rings. The molecule has 0 aliphatic rings. The molecular formula is C8H12. The summed E-state index contributed by atoms with van der Waals surface area (Å²) in [6.07, 6.45) is 3.90. The van der Waals surface area contributed by atoms with Crippen LogP contribution in [0.4, 0.5) is 0 Å². The molecule has 0 saturated carbocycles. The molecule has 0 aromatic carbocycles. The quantitative estimate of drug-likeness (QED) is 0.477. The van der Waals surface area contributed by atoms with Crippen LogP contribution in [0.3, 0.4) is 0 Å². The van der Waals surface area contributed by atoms with Crippen LogP contribution in [0, 0.1) is 0 Å². The molecule has 44 valence electrons. The van der Waals surface area contributed by atoms with E-state index in [9.17, 15) is 0 Å². The zero-order chi connectivity index (χ0) is 6.57. The van der Waals surface area contributed by atoms with Crippen molar-refractivity contribution >= 4 is 0 Å². The average molecular weight is 108 g/mol. The Morgan fingerprint density at radius 3 is 2.00 bits per heavy atom. The maximum absolute atomic E-state index is 3.76. The first-order valence-electron chi connectivity index (χ1n) is 2.66. The van der Waals surface area contributed by atoms with Crippen LogP contribution >= 0.6 is 0 Å². The van der Waals surface area contributed by atoms with Crippen LogP contribution in [-0.2, 0) is 0 Å².